The van der Waals surface area contributed by atoms with Gasteiger partial charge in [0.1, 0.15) is 0 Å². The van der Waals surface area contributed by atoms with E-state index < -0.39 is 5.67 Å². The van der Waals surface area contributed by atoms with Gasteiger partial charge in [-0.3, -0.25) is 14.9 Å². The van der Waals surface area contributed by atoms with Gasteiger partial charge in [0.2, 0.25) is 0 Å². The van der Waals surface area contributed by atoms with Gasteiger partial charge in [-0.15, -0.1) is 11.3 Å². The number of rotatable bonds is 3. The van der Waals surface area contributed by atoms with Crippen LogP contribution < -0.4 is 0 Å². The molecule has 2 aliphatic heterocycles. The standard InChI is InChI=1S/C13H17FN2.C9H8N2OS/c1-16-10-5-6-11(16)9-13(14,8-10)12-4-2-3-7-15-12;1-6(12)7-2-9(13-5-7)8-3-10-11-4-8/h2-4,7,10-11H,5-6,8-9H2,1H3;2-5H,1H3,(H,10,11). The van der Waals surface area contributed by atoms with Gasteiger partial charge in [0.25, 0.3) is 0 Å². The minimum Gasteiger partial charge on any atom is -0.300 e. The van der Waals surface area contributed by atoms with E-state index in [4.69, 9.17) is 0 Å². The maximum absolute atomic E-state index is 14.9. The minimum absolute atomic E-state index is 0.103. The van der Waals surface area contributed by atoms with Gasteiger partial charge in [-0.25, -0.2) is 4.39 Å². The lowest BCUT2D eigenvalue weighted by atomic mass is 9.85. The zero-order valence-electron chi connectivity index (χ0n) is 16.6. The van der Waals surface area contributed by atoms with Gasteiger partial charge in [0.05, 0.1) is 11.9 Å². The van der Waals surface area contributed by atoms with Crippen molar-refractivity contribution in [3.8, 4) is 10.4 Å². The largest absolute Gasteiger partial charge is 0.300 e. The van der Waals surface area contributed by atoms with E-state index in [1.807, 2.05) is 35.8 Å². The van der Waals surface area contributed by atoms with E-state index in [2.05, 4.69) is 27.1 Å². The van der Waals surface area contributed by atoms with Gasteiger partial charge < -0.3 is 4.90 Å². The molecule has 29 heavy (non-hydrogen) atoms. The van der Waals surface area contributed by atoms with Crippen molar-refractivity contribution >= 4 is 17.1 Å². The number of H-pyrrole nitrogens is 1. The number of nitrogens with zero attached hydrogens (tertiary/aromatic N) is 3. The second kappa shape index (κ2) is 8.16. The number of Topliss-reactive ketones (excluding diaryl/α,β-unsaturated/α-hetero) is 1. The molecule has 0 spiro atoms. The van der Waals surface area contributed by atoms with Crippen LogP contribution in [-0.2, 0) is 5.67 Å². The van der Waals surface area contributed by atoms with E-state index in [-0.39, 0.29) is 5.78 Å². The molecule has 5 nitrogen and oxygen atoms in total. The van der Waals surface area contributed by atoms with Crippen LogP contribution in [-0.4, -0.2) is 45.0 Å². The van der Waals surface area contributed by atoms with Crippen molar-refractivity contribution in [1.82, 2.24) is 20.1 Å². The van der Waals surface area contributed by atoms with Crippen molar-refractivity contribution in [3.05, 3.63) is 59.5 Å². The Balaban J connectivity index is 0.000000145. The predicted molar refractivity (Wildman–Crippen MR) is 113 cm³/mol. The first-order valence-corrected chi connectivity index (χ1v) is 10.8. The topological polar surface area (TPSA) is 61.9 Å². The van der Waals surface area contributed by atoms with E-state index in [9.17, 15) is 9.18 Å². The number of aromatic amines is 1. The quantitative estimate of drug-likeness (QED) is 0.625. The Hall–Kier alpha value is -2.38. The highest BCUT2D eigenvalue weighted by Crippen LogP contribution is 2.46. The number of halogens is 1. The molecule has 0 aliphatic carbocycles. The highest BCUT2D eigenvalue weighted by atomic mass is 32.1. The van der Waals surface area contributed by atoms with Gasteiger partial charge in [-0.2, -0.15) is 5.10 Å². The molecule has 2 aliphatic rings. The maximum atomic E-state index is 14.9. The number of nitrogens with one attached hydrogen (secondary N) is 1. The van der Waals surface area contributed by atoms with Crippen LogP contribution >= 0.6 is 11.3 Å². The fraction of sp³-hybridized carbons (Fsp3) is 0.409. The van der Waals surface area contributed by atoms with Gasteiger partial charge in [0, 0.05) is 58.7 Å². The van der Waals surface area contributed by atoms with Crippen molar-refractivity contribution in [2.24, 2.45) is 0 Å². The van der Waals surface area contributed by atoms with Crippen molar-refractivity contribution in [3.63, 3.8) is 0 Å². The van der Waals surface area contributed by atoms with Gasteiger partial charge in [-0.1, -0.05) is 6.07 Å². The normalized spacial score (nSPS) is 26.0. The molecule has 0 saturated carbocycles. The average Bonchev–Trinajstić information content (AvgIpc) is 3.45. The predicted octanol–water partition coefficient (Wildman–Crippen LogP) is 4.84. The van der Waals surface area contributed by atoms with Crippen LogP contribution in [0.1, 0.15) is 48.7 Å². The van der Waals surface area contributed by atoms with Crippen LogP contribution in [0.4, 0.5) is 4.39 Å². The maximum Gasteiger partial charge on any atom is 0.160 e. The number of alkyl halides is 1. The SMILES string of the molecule is CC(=O)c1csc(-c2cn[nH]c2)c1.CN1C2CCC1CC(F)(c1ccccn1)C2. The molecule has 0 amide bonds. The summed E-state index contributed by atoms with van der Waals surface area (Å²) in [6, 6.07) is 8.25. The lowest BCUT2D eigenvalue weighted by Gasteiger charge is -2.40. The second-order valence-corrected chi connectivity index (χ2v) is 8.79. The van der Waals surface area contributed by atoms with Gasteiger partial charge in [0.15, 0.2) is 11.5 Å². The number of pyridine rings is 1. The Morgan fingerprint density at radius 1 is 1.31 bits per heavy atom. The summed E-state index contributed by atoms with van der Waals surface area (Å²) in [5.41, 5.74) is 1.22. The number of piperidine rings is 1. The minimum atomic E-state index is -1.19. The molecule has 7 heteroatoms. The number of carbonyl (C=O) groups is 1. The molecule has 2 saturated heterocycles. The second-order valence-electron chi connectivity index (χ2n) is 7.88. The molecule has 5 heterocycles. The molecule has 0 aromatic carbocycles. The first-order chi connectivity index (χ1) is 14.0. The third-order valence-corrected chi connectivity index (χ3v) is 7.00. The number of thiophene rings is 1. The number of aromatic nitrogens is 3. The van der Waals surface area contributed by atoms with E-state index in [0.717, 1.165) is 28.8 Å². The van der Waals surface area contributed by atoms with E-state index in [1.54, 1.807) is 30.7 Å². The van der Waals surface area contributed by atoms with Crippen LogP contribution in [0.15, 0.2) is 48.2 Å². The highest BCUT2D eigenvalue weighted by molar-refractivity contribution is 7.13. The molecule has 3 aromatic heterocycles. The molecular weight excluding hydrogens is 387 g/mol. The molecular formula is C22H25FN4OS. The van der Waals surface area contributed by atoms with Gasteiger partial charge >= 0.3 is 0 Å². The average molecular weight is 413 g/mol. The first kappa shape index (κ1) is 19.9. The smallest absolute Gasteiger partial charge is 0.160 e. The number of hydrogen-bond acceptors (Lipinski definition) is 5. The van der Waals surface area contributed by atoms with Crippen molar-refractivity contribution in [1.29, 1.82) is 0 Å². The van der Waals surface area contributed by atoms with Crippen LogP contribution in [0.2, 0.25) is 0 Å². The monoisotopic (exact) mass is 412 g/mol. The Morgan fingerprint density at radius 2 is 2.07 bits per heavy atom. The fourth-order valence-electron chi connectivity index (χ4n) is 4.31. The Morgan fingerprint density at radius 3 is 2.62 bits per heavy atom. The van der Waals surface area contributed by atoms with Crippen molar-refractivity contribution in [2.75, 3.05) is 7.05 Å². The Kier molecular flexibility index (Phi) is 5.61. The Labute approximate surface area is 174 Å². The van der Waals surface area contributed by atoms with Crippen molar-refractivity contribution < 1.29 is 9.18 Å². The highest BCUT2D eigenvalue weighted by Gasteiger charge is 2.48. The van der Waals surface area contributed by atoms with Crippen LogP contribution in [0.3, 0.4) is 0 Å². The molecule has 5 rings (SSSR count). The third-order valence-electron chi connectivity index (χ3n) is 6.02. The summed E-state index contributed by atoms with van der Waals surface area (Å²) in [5.74, 6) is 0.103. The number of carbonyl (C=O) groups excluding carboxylic acids is 1. The molecule has 152 valence electrons. The zero-order chi connectivity index (χ0) is 20.4. The third kappa shape index (κ3) is 4.16. The molecule has 1 N–H and O–H groups in total. The summed E-state index contributed by atoms with van der Waals surface area (Å²) in [7, 11) is 2.13. The van der Waals surface area contributed by atoms with Gasteiger partial charge in [-0.05, 0) is 45.0 Å². The first-order valence-electron chi connectivity index (χ1n) is 9.87. The van der Waals surface area contributed by atoms with Crippen molar-refractivity contribution in [2.45, 2.75) is 50.4 Å². The molecule has 3 aromatic rings. The summed E-state index contributed by atoms with van der Waals surface area (Å²) in [4.78, 5) is 18.6. The molecule has 2 unspecified atom stereocenters. The summed E-state index contributed by atoms with van der Waals surface area (Å²) in [5, 5.41) is 8.45. The fourth-order valence-corrected chi connectivity index (χ4v) is 5.24. The number of ketones is 1. The molecule has 2 fully saturated rings. The zero-order valence-corrected chi connectivity index (χ0v) is 17.5. The summed E-state index contributed by atoms with van der Waals surface area (Å²) in [6.07, 6.45) is 8.75. The lowest BCUT2D eigenvalue weighted by Crippen LogP contribution is -2.45. The van der Waals surface area contributed by atoms with E-state index in [1.165, 1.54) is 0 Å². The van der Waals surface area contributed by atoms with Crippen LogP contribution in [0.5, 0.6) is 0 Å². The molecule has 2 atom stereocenters. The number of fused-ring (bicyclic) bond motifs is 2. The van der Waals surface area contributed by atoms with E-state index in [0.29, 0.717) is 30.6 Å². The summed E-state index contributed by atoms with van der Waals surface area (Å²) in [6.45, 7) is 1.57. The molecule has 2 bridgehead atoms. The summed E-state index contributed by atoms with van der Waals surface area (Å²) < 4.78 is 14.9. The summed E-state index contributed by atoms with van der Waals surface area (Å²) >= 11 is 1.55. The van der Waals surface area contributed by atoms with Crippen LogP contribution in [0.25, 0.3) is 10.4 Å². The molecule has 0 radical (unpaired) electrons. The number of hydrogen-bond donors (Lipinski definition) is 1. The Bertz CT molecular complexity index is 942. The van der Waals surface area contributed by atoms with E-state index >= 15 is 0 Å². The lowest BCUT2D eigenvalue weighted by molar-refractivity contribution is 0.0186. The van der Waals surface area contributed by atoms with Crippen LogP contribution in [0, 0.1) is 0 Å².